The van der Waals surface area contributed by atoms with Crippen molar-refractivity contribution in [2.75, 3.05) is 5.32 Å². The third-order valence-corrected chi connectivity index (χ3v) is 2.14. The van der Waals surface area contributed by atoms with Crippen molar-refractivity contribution in [3.63, 3.8) is 0 Å². The first-order chi connectivity index (χ1) is 7.64. The van der Waals surface area contributed by atoms with E-state index in [2.05, 4.69) is 9.97 Å². The highest BCUT2D eigenvalue weighted by molar-refractivity contribution is 6.29. The maximum absolute atomic E-state index is 12.4. The van der Waals surface area contributed by atoms with Gasteiger partial charge in [0.15, 0.2) is 5.54 Å². The molecule has 0 spiro atoms. The first-order valence-electron chi connectivity index (χ1n) is 4.29. The third-order valence-electron chi connectivity index (χ3n) is 1.94. The number of amides is 1. The van der Waals surface area contributed by atoms with E-state index in [1.165, 1.54) is 0 Å². The summed E-state index contributed by atoms with van der Waals surface area (Å²) in [4.78, 5) is 18.4. The Morgan fingerprint density at radius 1 is 1.47 bits per heavy atom. The van der Waals surface area contributed by atoms with Gasteiger partial charge in [0.05, 0.1) is 0 Å². The monoisotopic (exact) mass is 268 g/mol. The summed E-state index contributed by atoms with van der Waals surface area (Å²) in [6.45, 7) is 0.561. The second kappa shape index (κ2) is 4.46. The maximum atomic E-state index is 12.4. The molecule has 3 N–H and O–H groups in total. The highest BCUT2D eigenvalue weighted by Gasteiger charge is 2.54. The SMILES string of the molecule is CC(N)(C(=O)Nc1cc(Cl)ncn1)C(F)(F)F. The third kappa shape index (κ3) is 3.04. The van der Waals surface area contributed by atoms with Crippen molar-refractivity contribution in [3.8, 4) is 0 Å². The second-order valence-corrected chi connectivity index (χ2v) is 3.77. The van der Waals surface area contributed by atoms with Gasteiger partial charge in [0.2, 0.25) is 0 Å². The minimum Gasteiger partial charge on any atom is -0.310 e. The Balaban J connectivity index is 2.87. The molecule has 1 atom stereocenters. The lowest BCUT2D eigenvalue weighted by Gasteiger charge is -2.25. The van der Waals surface area contributed by atoms with E-state index in [0.29, 0.717) is 6.92 Å². The fourth-order valence-corrected chi connectivity index (χ4v) is 0.924. The van der Waals surface area contributed by atoms with Crippen LogP contribution in [-0.4, -0.2) is 27.6 Å². The minimum atomic E-state index is -4.87. The molecule has 0 aliphatic carbocycles. The van der Waals surface area contributed by atoms with Gasteiger partial charge in [-0.05, 0) is 6.92 Å². The number of anilines is 1. The van der Waals surface area contributed by atoms with Crippen LogP contribution in [0, 0.1) is 0 Å². The van der Waals surface area contributed by atoms with Crippen molar-refractivity contribution in [3.05, 3.63) is 17.5 Å². The zero-order valence-electron chi connectivity index (χ0n) is 8.55. The lowest BCUT2D eigenvalue weighted by atomic mass is 10.0. The summed E-state index contributed by atoms with van der Waals surface area (Å²) in [7, 11) is 0. The fourth-order valence-electron chi connectivity index (χ4n) is 0.777. The summed E-state index contributed by atoms with van der Waals surface area (Å²) >= 11 is 5.48. The summed E-state index contributed by atoms with van der Waals surface area (Å²) in [5.41, 5.74) is 1.90. The summed E-state index contributed by atoms with van der Waals surface area (Å²) < 4.78 is 37.3. The van der Waals surface area contributed by atoms with Gasteiger partial charge in [-0.15, -0.1) is 0 Å². The maximum Gasteiger partial charge on any atom is 0.415 e. The Kier molecular flexibility index (Phi) is 3.58. The van der Waals surface area contributed by atoms with E-state index < -0.39 is 17.6 Å². The molecular formula is C8H8ClF3N4O. The van der Waals surface area contributed by atoms with Gasteiger partial charge in [-0.1, -0.05) is 11.6 Å². The van der Waals surface area contributed by atoms with Crippen LogP contribution < -0.4 is 11.1 Å². The lowest BCUT2D eigenvalue weighted by molar-refractivity contribution is -0.184. The average molecular weight is 269 g/mol. The highest BCUT2D eigenvalue weighted by atomic mass is 35.5. The topological polar surface area (TPSA) is 80.9 Å². The van der Waals surface area contributed by atoms with Crippen molar-refractivity contribution in [2.24, 2.45) is 5.73 Å². The molecular weight excluding hydrogens is 261 g/mol. The summed E-state index contributed by atoms with van der Waals surface area (Å²) in [6, 6.07) is 1.10. The summed E-state index contributed by atoms with van der Waals surface area (Å²) in [6.07, 6.45) is -3.87. The average Bonchev–Trinajstić information content (AvgIpc) is 2.15. The first kappa shape index (κ1) is 13.7. The molecule has 5 nitrogen and oxygen atoms in total. The molecule has 0 fully saturated rings. The number of aromatic nitrogens is 2. The van der Waals surface area contributed by atoms with Gasteiger partial charge < -0.3 is 11.1 Å². The molecule has 0 bridgehead atoms. The molecule has 0 saturated heterocycles. The molecule has 9 heteroatoms. The molecule has 0 radical (unpaired) electrons. The number of alkyl halides is 3. The van der Waals surface area contributed by atoms with E-state index in [0.717, 1.165) is 12.4 Å². The number of halogens is 4. The highest BCUT2D eigenvalue weighted by Crippen LogP contribution is 2.28. The number of nitrogens with two attached hydrogens (primary N) is 1. The zero-order chi connectivity index (χ0) is 13.3. The summed E-state index contributed by atoms with van der Waals surface area (Å²) in [5, 5.41) is 1.90. The van der Waals surface area contributed by atoms with Crippen LogP contribution in [0.3, 0.4) is 0 Å². The number of nitrogens with one attached hydrogen (secondary N) is 1. The molecule has 0 aliphatic rings. The molecule has 1 amide bonds. The predicted molar refractivity (Wildman–Crippen MR) is 54.3 cm³/mol. The van der Waals surface area contributed by atoms with Gasteiger partial charge in [0.25, 0.3) is 5.91 Å². The van der Waals surface area contributed by atoms with Crippen LogP contribution in [0.15, 0.2) is 12.4 Å². The number of carbonyl (C=O) groups is 1. The molecule has 1 rings (SSSR count). The Hall–Kier alpha value is -1.41. The Morgan fingerprint density at radius 2 is 2.06 bits per heavy atom. The number of hydrogen-bond acceptors (Lipinski definition) is 4. The lowest BCUT2D eigenvalue weighted by Crippen LogP contribution is -2.59. The Labute approximate surface area is 99.2 Å². The quantitative estimate of drug-likeness (QED) is 0.794. The standard InChI is InChI=1S/C8H8ClF3N4O/c1-7(13,8(10,11)12)6(17)16-5-2-4(9)14-3-15-5/h2-3H,13H2,1H3,(H,14,15,16,17). The molecule has 94 valence electrons. The second-order valence-electron chi connectivity index (χ2n) is 3.38. The van der Waals surface area contributed by atoms with Gasteiger partial charge in [-0.3, -0.25) is 4.79 Å². The number of rotatable bonds is 2. The van der Waals surface area contributed by atoms with E-state index in [-0.39, 0.29) is 11.0 Å². The van der Waals surface area contributed by atoms with Gasteiger partial charge in [0, 0.05) is 6.07 Å². The number of hydrogen-bond donors (Lipinski definition) is 2. The van der Waals surface area contributed by atoms with Crippen molar-refractivity contribution < 1.29 is 18.0 Å². The van der Waals surface area contributed by atoms with Gasteiger partial charge in [-0.25, -0.2) is 9.97 Å². The number of nitrogens with zero attached hydrogens (tertiary/aromatic N) is 2. The Morgan fingerprint density at radius 3 is 2.53 bits per heavy atom. The molecule has 1 aromatic rings. The van der Waals surface area contributed by atoms with Crippen LogP contribution in [-0.2, 0) is 4.79 Å². The molecule has 0 aromatic carbocycles. The van der Waals surface area contributed by atoms with Gasteiger partial charge in [0.1, 0.15) is 17.3 Å². The van der Waals surface area contributed by atoms with E-state index >= 15 is 0 Å². The zero-order valence-corrected chi connectivity index (χ0v) is 9.30. The van der Waals surface area contributed by atoms with Crippen LogP contribution in [0.5, 0.6) is 0 Å². The van der Waals surface area contributed by atoms with Crippen LogP contribution in [0.25, 0.3) is 0 Å². The van der Waals surface area contributed by atoms with Crippen molar-refractivity contribution >= 4 is 23.3 Å². The van der Waals surface area contributed by atoms with Crippen molar-refractivity contribution in [1.29, 1.82) is 0 Å². The van der Waals surface area contributed by atoms with Crippen LogP contribution in [0.4, 0.5) is 19.0 Å². The van der Waals surface area contributed by atoms with E-state index in [9.17, 15) is 18.0 Å². The minimum absolute atomic E-state index is 0.0129. The van der Waals surface area contributed by atoms with Crippen molar-refractivity contribution in [2.45, 2.75) is 18.6 Å². The molecule has 1 aromatic heterocycles. The molecule has 0 saturated carbocycles. The van der Waals surface area contributed by atoms with Gasteiger partial charge >= 0.3 is 6.18 Å². The van der Waals surface area contributed by atoms with E-state index in [1.807, 2.05) is 5.32 Å². The van der Waals surface area contributed by atoms with Crippen LogP contribution in [0.1, 0.15) is 6.92 Å². The largest absolute Gasteiger partial charge is 0.415 e. The molecule has 17 heavy (non-hydrogen) atoms. The van der Waals surface area contributed by atoms with Crippen molar-refractivity contribution in [1.82, 2.24) is 9.97 Å². The molecule has 0 aliphatic heterocycles. The smallest absolute Gasteiger partial charge is 0.310 e. The predicted octanol–water partition coefficient (Wildman–Crippen LogP) is 1.35. The number of carbonyl (C=O) groups excluding carboxylic acids is 1. The van der Waals surface area contributed by atoms with Crippen LogP contribution in [0.2, 0.25) is 5.15 Å². The van der Waals surface area contributed by atoms with E-state index in [1.54, 1.807) is 0 Å². The Bertz CT molecular complexity index is 435. The van der Waals surface area contributed by atoms with Gasteiger partial charge in [-0.2, -0.15) is 13.2 Å². The molecule has 1 unspecified atom stereocenters. The van der Waals surface area contributed by atoms with Crippen LogP contribution >= 0.6 is 11.6 Å². The van der Waals surface area contributed by atoms with E-state index in [4.69, 9.17) is 17.3 Å². The summed E-state index contributed by atoms with van der Waals surface area (Å²) in [5.74, 6) is -1.59. The fraction of sp³-hybridized carbons (Fsp3) is 0.375. The first-order valence-corrected chi connectivity index (χ1v) is 4.67. The molecule has 1 heterocycles. The normalized spacial score (nSPS) is 15.2.